The second-order valence-corrected chi connectivity index (χ2v) is 7.31. The lowest BCUT2D eigenvalue weighted by atomic mass is 10.1. The Morgan fingerprint density at radius 2 is 1.90 bits per heavy atom. The average molecular weight is 427 g/mol. The monoisotopic (exact) mass is 427 g/mol. The summed E-state index contributed by atoms with van der Waals surface area (Å²) in [5.41, 5.74) is 1.50. The van der Waals surface area contributed by atoms with Crippen LogP contribution in [-0.4, -0.2) is 37.6 Å². The smallest absolute Gasteiger partial charge is 0.330 e. The van der Waals surface area contributed by atoms with Gasteiger partial charge in [-0.1, -0.05) is 29.8 Å². The number of fused-ring (bicyclic) bond motifs is 1. The molecule has 0 saturated carbocycles. The van der Waals surface area contributed by atoms with Crippen molar-refractivity contribution >= 4 is 17.5 Å². The maximum atomic E-state index is 13.3. The fraction of sp³-hybridized carbons (Fsp3) is 0.238. The van der Waals surface area contributed by atoms with Crippen molar-refractivity contribution in [3.63, 3.8) is 0 Å². The molecule has 0 radical (unpaired) electrons. The number of benzene rings is 2. The molecule has 1 aromatic heterocycles. The van der Waals surface area contributed by atoms with Gasteiger partial charge in [0, 0.05) is 31.4 Å². The number of carbonyl (C=O) groups excluding carboxylic acids is 2. The van der Waals surface area contributed by atoms with Crippen molar-refractivity contribution in [3.05, 3.63) is 81.5 Å². The third-order valence-electron chi connectivity index (χ3n) is 4.95. The van der Waals surface area contributed by atoms with Crippen LogP contribution in [-0.2, 0) is 24.4 Å². The molecule has 1 aliphatic heterocycles. The van der Waals surface area contributed by atoms with Crippen LogP contribution in [0, 0.1) is 18.6 Å². The molecule has 2 heterocycles. The number of hydrogen-bond donors (Lipinski definition) is 1. The van der Waals surface area contributed by atoms with Gasteiger partial charge in [-0.05, 0) is 24.6 Å². The van der Waals surface area contributed by atoms with E-state index in [1.54, 1.807) is 4.90 Å². The van der Waals surface area contributed by atoms with Crippen LogP contribution in [0.25, 0.3) is 0 Å². The molecule has 0 spiro atoms. The van der Waals surface area contributed by atoms with E-state index in [9.17, 15) is 23.2 Å². The summed E-state index contributed by atoms with van der Waals surface area (Å²) >= 11 is 0. The molecule has 0 aliphatic carbocycles. The number of nitrogens with one attached hydrogen (secondary N) is 1. The first-order valence-electron chi connectivity index (χ1n) is 9.59. The number of nitrogens with zero attached hydrogens (tertiary/aromatic N) is 4. The number of aryl methyl sites for hydroxylation is 1. The summed E-state index contributed by atoms with van der Waals surface area (Å²) in [5.74, 6) is -3.24. The van der Waals surface area contributed by atoms with Crippen LogP contribution in [0.2, 0.25) is 0 Å². The maximum absolute atomic E-state index is 13.3. The van der Waals surface area contributed by atoms with Gasteiger partial charge >= 0.3 is 5.69 Å². The lowest BCUT2D eigenvalue weighted by Crippen LogP contribution is -2.42. The predicted molar refractivity (Wildman–Crippen MR) is 107 cm³/mol. The quantitative estimate of drug-likeness (QED) is 0.674. The Morgan fingerprint density at radius 3 is 2.65 bits per heavy atom. The summed E-state index contributed by atoms with van der Waals surface area (Å²) in [7, 11) is 0. The van der Waals surface area contributed by atoms with Gasteiger partial charge in [0.05, 0.1) is 0 Å². The highest BCUT2D eigenvalue weighted by Crippen LogP contribution is 2.15. The van der Waals surface area contributed by atoms with Crippen molar-refractivity contribution in [2.24, 2.45) is 0 Å². The van der Waals surface area contributed by atoms with Crippen molar-refractivity contribution in [2.75, 3.05) is 11.9 Å². The van der Waals surface area contributed by atoms with Crippen molar-refractivity contribution < 1.29 is 18.4 Å². The van der Waals surface area contributed by atoms with E-state index >= 15 is 0 Å². The minimum atomic E-state index is -1.10. The van der Waals surface area contributed by atoms with E-state index < -0.39 is 35.7 Å². The van der Waals surface area contributed by atoms with Crippen LogP contribution in [0.5, 0.6) is 0 Å². The number of rotatable bonds is 5. The van der Waals surface area contributed by atoms with E-state index in [0.29, 0.717) is 13.1 Å². The number of anilines is 1. The van der Waals surface area contributed by atoms with Gasteiger partial charge in [0.15, 0.2) is 11.6 Å². The third kappa shape index (κ3) is 4.23. The van der Waals surface area contributed by atoms with E-state index in [1.165, 1.54) is 10.6 Å². The van der Waals surface area contributed by atoms with Gasteiger partial charge in [0.25, 0.3) is 5.91 Å². The SMILES string of the molecule is Cc1cccc(CN2CCn3c(nn(CC(=O)Nc4ccc(F)c(F)c4)c3=O)C2=O)c1. The van der Waals surface area contributed by atoms with E-state index in [0.717, 1.165) is 27.9 Å². The van der Waals surface area contributed by atoms with Crippen molar-refractivity contribution in [3.8, 4) is 0 Å². The van der Waals surface area contributed by atoms with Crippen LogP contribution in [0.3, 0.4) is 0 Å². The summed E-state index contributed by atoms with van der Waals surface area (Å²) in [6.45, 7) is 2.48. The van der Waals surface area contributed by atoms with Gasteiger partial charge < -0.3 is 10.2 Å². The lowest BCUT2D eigenvalue weighted by Gasteiger charge is -2.26. The summed E-state index contributed by atoms with van der Waals surface area (Å²) in [6, 6.07) is 10.7. The molecule has 31 heavy (non-hydrogen) atoms. The number of carbonyl (C=O) groups is 2. The number of amides is 2. The largest absolute Gasteiger partial charge is 0.346 e. The summed E-state index contributed by atoms with van der Waals surface area (Å²) in [6.07, 6.45) is 0. The van der Waals surface area contributed by atoms with Gasteiger partial charge in [-0.25, -0.2) is 18.3 Å². The predicted octanol–water partition coefficient (Wildman–Crippen LogP) is 1.93. The third-order valence-corrected chi connectivity index (χ3v) is 4.95. The Hall–Kier alpha value is -3.82. The van der Waals surface area contributed by atoms with Gasteiger partial charge in [0.2, 0.25) is 11.7 Å². The molecular formula is C21H19F2N5O3. The van der Waals surface area contributed by atoms with Crippen LogP contribution >= 0.6 is 0 Å². The molecule has 3 aromatic rings. The standard InChI is InChI=1S/C21H19F2N5O3/c1-13-3-2-4-14(9-13)11-26-7-8-27-19(20(26)30)25-28(21(27)31)12-18(29)24-15-5-6-16(22)17(23)10-15/h2-6,9-10H,7-8,11-12H2,1H3,(H,24,29). The lowest BCUT2D eigenvalue weighted by molar-refractivity contribution is -0.117. The topological polar surface area (TPSA) is 89.2 Å². The van der Waals surface area contributed by atoms with Crippen molar-refractivity contribution in [1.82, 2.24) is 19.2 Å². The molecule has 0 bridgehead atoms. The van der Waals surface area contributed by atoms with Gasteiger partial charge in [0.1, 0.15) is 6.54 Å². The molecule has 1 aliphatic rings. The minimum Gasteiger partial charge on any atom is -0.330 e. The zero-order valence-corrected chi connectivity index (χ0v) is 16.6. The first-order valence-corrected chi connectivity index (χ1v) is 9.59. The highest BCUT2D eigenvalue weighted by molar-refractivity contribution is 5.92. The molecular weight excluding hydrogens is 408 g/mol. The highest BCUT2D eigenvalue weighted by Gasteiger charge is 2.30. The number of aromatic nitrogens is 3. The molecule has 160 valence electrons. The van der Waals surface area contributed by atoms with Crippen LogP contribution in [0.4, 0.5) is 14.5 Å². The molecule has 2 amide bonds. The van der Waals surface area contributed by atoms with E-state index in [4.69, 9.17) is 0 Å². The van der Waals surface area contributed by atoms with Crippen LogP contribution in [0.15, 0.2) is 47.3 Å². The van der Waals surface area contributed by atoms with E-state index in [1.807, 2.05) is 31.2 Å². The number of halogens is 2. The zero-order valence-electron chi connectivity index (χ0n) is 16.6. The molecule has 0 unspecified atom stereocenters. The number of hydrogen-bond acceptors (Lipinski definition) is 4. The second-order valence-electron chi connectivity index (χ2n) is 7.31. The van der Waals surface area contributed by atoms with Crippen molar-refractivity contribution in [2.45, 2.75) is 26.6 Å². The van der Waals surface area contributed by atoms with Gasteiger partial charge in [-0.2, -0.15) is 0 Å². The molecule has 1 N–H and O–H groups in total. The Morgan fingerprint density at radius 1 is 1.10 bits per heavy atom. The van der Waals surface area contributed by atoms with E-state index in [2.05, 4.69) is 10.4 Å². The summed E-state index contributed by atoms with van der Waals surface area (Å²) in [4.78, 5) is 39.2. The minimum absolute atomic E-state index is 0.0375. The Kier molecular flexibility index (Phi) is 5.37. The van der Waals surface area contributed by atoms with Crippen molar-refractivity contribution in [1.29, 1.82) is 0 Å². The summed E-state index contributed by atoms with van der Waals surface area (Å²) < 4.78 is 28.4. The molecule has 8 nitrogen and oxygen atoms in total. The van der Waals surface area contributed by atoms with E-state index in [-0.39, 0.29) is 18.1 Å². The van der Waals surface area contributed by atoms with Gasteiger partial charge in [-0.15, -0.1) is 5.10 Å². The molecule has 2 aromatic carbocycles. The average Bonchev–Trinajstić information content (AvgIpc) is 3.03. The normalized spacial score (nSPS) is 13.3. The fourth-order valence-corrected chi connectivity index (χ4v) is 3.46. The molecule has 0 atom stereocenters. The zero-order chi connectivity index (χ0) is 22.1. The maximum Gasteiger partial charge on any atom is 0.346 e. The fourth-order valence-electron chi connectivity index (χ4n) is 3.46. The Bertz CT molecular complexity index is 1230. The first kappa shape index (κ1) is 20.5. The molecule has 0 fully saturated rings. The second kappa shape index (κ2) is 8.13. The summed E-state index contributed by atoms with van der Waals surface area (Å²) in [5, 5.41) is 6.41. The van der Waals surface area contributed by atoms with Crippen LogP contribution in [0.1, 0.15) is 21.7 Å². The van der Waals surface area contributed by atoms with Crippen LogP contribution < -0.4 is 11.0 Å². The molecule has 10 heteroatoms. The Balaban J connectivity index is 1.48. The van der Waals surface area contributed by atoms with Gasteiger partial charge in [-0.3, -0.25) is 14.2 Å². The molecule has 0 saturated heterocycles. The molecule has 4 rings (SSSR count). The first-order chi connectivity index (χ1) is 14.8. The Labute approximate surface area is 175 Å². The highest BCUT2D eigenvalue weighted by atomic mass is 19.2.